The van der Waals surface area contributed by atoms with E-state index in [1.54, 1.807) is 6.26 Å². The SMILES string of the molecule is CCN(C)c1ccc(C(=O)NCCCOCc2ccco2)cc1. The Morgan fingerprint density at radius 1 is 1.26 bits per heavy atom. The summed E-state index contributed by atoms with van der Waals surface area (Å²) in [5.74, 6) is 0.757. The first-order valence-corrected chi connectivity index (χ1v) is 7.90. The van der Waals surface area contributed by atoms with Crippen LogP contribution in [0.3, 0.4) is 0 Å². The van der Waals surface area contributed by atoms with Gasteiger partial charge in [0.05, 0.1) is 6.26 Å². The summed E-state index contributed by atoms with van der Waals surface area (Å²) < 4.78 is 10.6. The third kappa shape index (κ3) is 5.45. The zero-order chi connectivity index (χ0) is 16.5. The highest BCUT2D eigenvalue weighted by Crippen LogP contribution is 2.13. The summed E-state index contributed by atoms with van der Waals surface area (Å²) in [5.41, 5.74) is 1.78. The minimum Gasteiger partial charge on any atom is -0.467 e. The average Bonchev–Trinajstić information content (AvgIpc) is 3.10. The van der Waals surface area contributed by atoms with Crippen molar-refractivity contribution in [3.05, 3.63) is 54.0 Å². The Balaban J connectivity index is 1.64. The van der Waals surface area contributed by atoms with Crippen LogP contribution in [0.1, 0.15) is 29.5 Å². The Morgan fingerprint density at radius 3 is 2.70 bits per heavy atom. The molecule has 0 aliphatic heterocycles. The molecule has 0 aliphatic carbocycles. The van der Waals surface area contributed by atoms with Gasteiger partial charge in [-0.3, -0.25) is 4.79 Å². The smallest absolute Gasteiger partial charge is 0.251 e. The summed E-state index contributed by atoms with van der Waals surface area (Å²) in [7, 11) is 2.03. The number of rotatable bonds is 9. The van der Waals surface area contributed by atoms with Gasteiger partial charge < -0.3 is 19.4 Å². The van der Waals surface area contributed by atoms with Gasteiger partial charge in [-0.15, -0.1) is 0 Å². The maximum atomic E-state index is 12.0. The number of ether oxygens (including phenoxy) is 1. The van der Waals surface area contributed by atoms with Crippen LogP contribution in [0.25, 0.3) is 0 Å². The first kappa shape index (κ1) is 17.1. The van der Waals surface area contributed by atoms with Crippen molar-refractivity contribution in [2.75, 3.05) is 31.6 Å². The highest BCUT2D eigenvalue weighted by atomic mass is 16.5. The number of amides is 1. The molecule has 0 saturated carbocycles. The number of anilines is 1. The molecule has 0 bridgehead atoms. The summed E-state index contributed by atoms with van der Waals surface area (Å²) in [6.45, 7) is 4.67. The number of benzene rings is 1. The molecule has 124 valence electrons. The minimum atomic E-state index is -0.0539. The molecule has 5 nitrogen and oxygen atoms in total. The number of nitrogens with one attached hydrogen (secondary N) is 1. The van der Waals surface area contributed by atoms with Crippen LogP contribution < -0.4 is 10.2 Å². The van der Waals surface area contributed by atoms with E-state index in [0.29, 0.717) is 25.3 Å². The quantitative estimate of drug-likeness (QED) is 0.722. The van der Waals surface area contributed by atoms with Crippen molar-refractivity contribution in [2.24, 2.45) is 0 Å². The fourth-order valence-electron chi connectivity index (χ4n) is 2.10. The van der Waals surface area contributed by atoms with E-state index in [4.69, 9.17) is 9.15 Å². The largest absolute Gasteiger partial charge is 0.467 e. The lowest BCUT2D eigenvalue weighted by molar-refractivity contribution is 0.0917. The molecule has 1 amide bonds. The Labute approximate surface area is 137 Å². The van der Waals surface area contributed by atoms with Crippen LogP contribution >= 0.6 is 0 Å². The molecule has 1 heterocycles. The second kappa shape index (κ2) is 9.00. The summed E-state index contributed by atoms with van der Waals surface area (Å²) in [6.07, 6.45) is 2.39. The monoisotopic (exact) mass is 316 g/mol. The number of carbonyl (C=O) groups excluding carboxylic acids is 1. The second-order valence-corrected chi connectivity index (χ2v) is 5.30. The van der Waals surface area contributed by atoms with E-state index >= 15 is 0 Å². The fourth-order valence-corrected chi connectivity index (χ4v) is 2.10. The Morgan fingerprint density at radius 2 is 2.04 bits per heavy atom. The van der Waals surface area contributed by atoms with Crippen LogP contribution in [0.15, 0.2) is 47.1 Å². The van der Waals surface area contributed by atoms with Gasteiger partial charge in [0.1, 0.15) is 12.4 Å². The van der Waals surface area contributed by atoms with E-state index < -0.39 is 0 Å². The maximum absolute atomic E-state index is 12.0. The molecule has 23 heavy (non-hydrogen) atoms. The lowest BCUT2D eigenvalue weighted by Gasteiger charge is -2.16. The van der Waals surface area contributed by atoms with Crippen molar-refractivity contribution in [1.29, 1.82) is 0 Å². The molecule has 1 aromatic heterocycles. The van der Waals surface area contributed by atoms with E-state index in [2.05, 4.69) is 17.1 Å². The van der Waals surface area contributed by atoms with Crippen LogP contribution in [0.2, 0.25) is 0 Å². The van der Waals surface area contributed by atoms with Crippen LogP contribution in [0, 0.1) is 0 Å². The number of nitrogens with zero attached hydrogens (tertiary/aromatic N) is 1. The lowest BCUT2D eigenvalue weighted by atomic mass is 10.2. The van der Waals surface area contributed by atoms with Crippen LogP contribution in [-0.2, 0) is 11.3 Å². The second-order valence-electron chi connectivity index (χ2n) is 5.30. The molecule has 0 unspecified atom stereocenters. The molecule has 0 atom stereocenters. The van der Waals surface area contributed by atoms with Gasteiger partial charge in [-0.05, 0) is 49.7 Å². The molecule has 0 aliphatic rings. The molecule has 0 fully saturated rings. The summed E-state index contributed by atoms with van der Waals surface area (Å²) in [4.78, 5) is 14.2. The first-order valence-electron chi connectivity index (χ1n) is 7.90. The number of hydrogen-bond acceptors (Lipinski definition) is 4. The molecular formula is C18H24N2O3. The van der Waals surface area contributed by atoms with Crippen LogP contribution in [0.4, 0.5) is 5.69 Å². The van der Waals surface area contributed by atoms with E-state index in [9.17, 15) is 4.79 Å². The first-order chi connectivity index (χ1) is 11.2. The van der Waals surface area contributed by atoms with Crippen LogP contribution in [0.5, 0.6) is 0 Å². The minimum absolute atomic E-state index is 0.0539. The van der Waals surface area contributed by atoms with Gasteiger partial charge in [-0.1, -0.05) is 0 Å². The molecule has 2 rings (SSSR count). The normalized spacial score (nSPS) is 10.5. The standard InChI is InChI=1S/C18H24N2O3/c1-3-20(2)16-9-7-15(8-10-16)18(21)19-11-5-12-22-14-17-6-4-13-23-17/h4,6-10,13H,3,5,11-12,14H2,1-2H3,(H,19,21). The maximum Gasteiger partial charge on any atom is 0.251 e. The predicted octanol–water partition coefficient (Wildman–Crippen LogP) is 3.07. The molecule has 5 heteroatoms. The van der Waals surface area contributed by atoms with Gasteiger partial charge in [0, 0.05) is 38.0 Å². The van der Waals surface area contributed by atoms with E-state index in [1.807, 2.05) is 43.4 Å². The summed E-state index contributed by atoms with van der Waals surface area (Å²) >= 11 is 0. The zero-order valence-electron chi connectivity index (χ0n) is 13.7. The van der Waals surface area contributed by atoms with Crippen molar-refractivity contribution >= 4 is 11.6 Å². The lowest BCUT2D eigenvalue weighted by Crippen LogP contribution is -2.25. The molecule has 1 N–H and O–H groups in total. The molecule has 0 spiro atoms. The van der Waals surface area contributed by atoms with Gasteiger partial charge in [-0.2, -0.15) is 0 Å². The highest BCUT2D eigenvalue weighted by Gasteiger charge is 2.05. The van der Waals surface area contributed by atoms with E-state index in [1.165, 1.54) is 0 Å². The number of furan rings is 1. The molecule has 2 aromatic rings. The van der Waals surface area contributed by atoms with Crippen LogP contribution in [-0.4, -0.2) is 32.7 Å². The van der Waals surface area contributed by atoms with Crippen molar-refractivity contribution in [1.82, 2.24) is 5.32 Å². The van der Waals surface area contributed by atoms with Gasteiger partial charge in [-0.25, -0.2) is 0 Å². The third-order valence-corrected chi connectivity index (χ3v) is 3.62. The van der Waals surface area contributed by atoms with Gasteiger partial charge in [0.15, 0.2) is 0 Å². The number of carbonyl (C=O) groups is 1. The fraction of sp³-hybridized carbons (Fsp3) is 0.389. The molecule has 0 radical (unpaired) electrons. The highest BCUT2D eigenvalue weighted by molar-refractivity contribution is 5.94. The molecule has 0 saturated heterocycles. The van der Waals surface area contributed by atoms with Crippen molar-refractivity contribution in [3.8, 4) is 0 Å². The van der Waals surface area contributed by atoms with Crippen molar-refractivity contribution in [3.63, 3.8) is 0 Å². The third-order valence-electron chi connectivity index (χ3n) is 3.62. The Bertz CT molecular complexity index is 579. The Kier molecular flexibility index (Phi) is 6.69. The van der Waals surface area contributed by atoms with E-state index in [0.717, 1.165) is 24.4 Å². The van der Waals surface area contributed by atoms with E-state index in [-0.39, 0.29) is 5.91 Å². The summed E-state index contributed by atoms with van der Waals surface area (Å²) in [6, 6.07) is 11.3. The van der Waals surface area contributed by atoms with Crippen molar-refractivity contribution in [2.45, 2.75) is 20.0 Å². The predicted molar refractivity (Wildman–Crippen MR) is 90.7 cm³/mol. The van der Waals surface area contributed by atoms with Gasteiger partial charge >= 0.3 is 0 Å². The topological polar surface area (TPSA) is 54.7 Å². The van der Waals surface area contributed by atoms with Gasteiger partial charge in [0.25, 0.3) is 5.91 Å². The van der Waals surface area contributed by atoms with Crippen molar-refractivity contribution < 1.29 is 13.9 Å². The molecule has 1 aromatic carbocycles. The number of hydrogen-bond donors (Lipinski definition) is 1. The zero-order valence-corrected chi connectivity index (χ0v) is 13.7. The molecular weight excluding hydrogens is 292 g/mol. The Hall–Kier alpha value is -2.27. The van der Waals surface area contributed by atoms with Gasteiger partial charge in [0.2, 0.25) is 0 Å². The average molecular weight is 316 g/mol. The summed E-state index contributed by atoms with van der Waals surface area (Å²) in [5, 5.41) is 2.90.